The van der Waals surface area contributed by atoms with Gasteiger partial charge in [-0.1, -0.05) is 12.1 Å². The van der Waals surface area contributed by atoms with Crippen molar-refractivity contribution >= 4 is 23.6 Å². The quantitative estimate of drug-likeness (QED) is 0.742. The summed E-state index contributed by atoms with van der Waals surface area (Å²) in [6.07, 6.45) is 1.68. The third kappa shape index (κ3) is 2.80. The lowest BCUT2D eigenvalue weighted by Crippen LogP contribution is -2.58. The summed E-state index contributed by atoms with van der Waals surface area (Å²) in [5.74, 6) is -0.500. The molecule has 30 heavy (non-hydrogen) atoms. The van der Waals surface area contributed by atoms with Gasteiger partial charge in [-0.2, -0.15) is 0 Å². The Balaban J connectivity index is 1.37. The van der Waals surface area contributed by atoms with E-state index in [-0.39, 0.29) is 48.2 Å². The zero-order valence-corrected chi connectivity index (χ0v) is 16.8. The first-order valence-corrected chi connectivity index (χ1v) is 10.4. The van der Waals surface area contributed by atoms with Crippen LogP contribution in [0.4, 0.5) is 0 Å². The lowest BCUT2D eigenvalue weighted by molar-refractivity contribution is -0.151. The molecule has 2 aliphatic carbocycles. The molecule has 1 aromatic carbocycles. The van der Waals surface area contributed by atoms with E-state index in [1.807, 2.05) is 18.2 Å². The van der Waals surface area contributed by atoms with Gasteiger partial charge in [0.1, 0.15) is 17.4 Å². The van der Waals surface area contributed by atoms with Crippen LogP contribution < -0.4 is 10.1 Å². The summed E-state index contributed by atoms with van der Waals surface area (Å²) in [5.41, 5.74) is -0.0484. The number of amides is 2. The van der Waals surface area contributed by atoms with Crippen LogP contribution in [0.3, 0.4) is 0 Å². The number of ether oxygens (including phenoxy) is 2. The summed E-state index contributed by atoms with van der Waals surface area (Å²) in [6, 6.07) is 6.39. The maximum atomic E-state index is 13.4. The second-order valence-electron chi connectivity index (χ2n) is 8.64. The molecule has 158 valence electrons. The van der Waals surface area contributed by atoms with Crippen LogP contribution >= 0.6 is 0 Å². The van der Waals surface area contributed by atoms with Crippen LogP contribution in [0, 0.1) is 17.8 Å². The Kier molecular flexibility index (Phi) is 4.34. The fourth-order valence-corrected chi connectivity index (χ4v) is 5.71. The molecule has 0 aromatic heterocycles. The number of hydrogen-bond acceptors (Lipinski definition) is 6. The molecule has 2 saturated carbocycles. The second-order valence-corrected chi connectivity index (χ2v) is 8.64. The minimum atomic E-state index is -0.856. The van der Waals surface area contributed by atoms with Gasteiger partial charge in [0.15, 0.2) is 5.78 Å². The molecule has 1 saturated heterocycles. The molecule has 0 bridgehead atoms. The van der Waals surface area contributed by atoms with Crippen LogP contribution in [0.1, 0.15) is 36.0 Å². The highest BCUT2D eigenvalue weighted by Crippen LogP contribution is 2.66. The van der Waals surface area contributed by atoms with Crippen molar-refractivity contribution in [1.29, 1.82) is 0 Å². The van der Waals surface area contributed by atoms with Gasteiger partial charge in [-0.05, 0) is 30.9 Å². The van der Waals surface area contributed by atoms with Crippen molar-refractivity contribution in [1.82, 2.24) is 10.2 Å². The number of para-hydroxylation sites is 1. The van der Waals surface area contributed by atoms with Gasteiger partial charge in [-0.15, -0.1) is 0 Å². The van der Waals surface area contributed by atoms with E-state index in [1.54, 1.807) is 6.07 Å². The largest absolute Gasteiger partial charge is 0.486 e. The van der Waals surface area contributed by atoms with E-state index in [0.717, 1.165) is 12.8 Å². The number of carbonyl (C=O) groups excluding carboxylic acids is 4. The summed E-state index contributed by atoms with van der Waals surface area (Å²) in [6.45, 7) is 0.718. The van der Waals surface area contributed by atoms with Gasteiger partial charge in [0.2, 0.25) is 11.8 Å². The van der Waals surface area contributed by atoms with Gasteiger partial charge in [-0.3, -0.25) is 19.2 Å². The van der Waals surface area contributed by atoms with Gasteiger partial charge < -0.3 is 19.7 Å². The van der Waals surface area contributed by atoms with E-state index in [1.165, 1.54) is 12.0 Å². The molecule has 1 aromatic rings. The van der Waals surface area contributed by atoms with E-state index in [9.17, 15) is 19.2 Å². The highest BCUT2D eigenvalue weighted by Gasteiger charge is 2.71. The molecule has 5 rings (SSSR count). The van der Waals surface area contributed by atoms with E-state index in [2.05, 4.69) is 5.32 Å². The summed E-state index contributed by atoms with van der Waals surface area (Å²) in [5, 5.41) is 2.72. The zero-order chi connectivity index (χ0) is 21.0. The SMILES string of the molecule is COC(=O)C[C@@H]1C(=O)NCCN1C(=O)[C@@H]1[C@@H]2CC[C@@]3(CC(=O)c4ccccc4O3)[C@H]21. The fraction of sp³-hybridized carbons (Fsp3) is 0.545. The zero-order valence-electron chi connectivity index (χ0n) is 16.8. The van der Waals surface area contributed by atoms with Gasteiger partial charge in [0.25, 0.3) is 0 Å². The highest BCUT2D eigenvalue weighted by atomic mass is 16.5. The van der Waals surface area contributed by atoms with Crippen molar-refractivity contribution in [2.75, 3.05) is 20.2 Å². The minimum Gasteiger partial charge on any atom is -0.486 e. The molecule has 1 N–H and O–H groups in total. The third-order valence-corrected chi connectivity index (χ3v) is 7.12. The molecule has 8 heteroatoms. The number of methoxy groups -OCH3 is 1. The number of esters is 1. The number of ketones is 1. The molecular weight excluding hydrogens is 388 g/mol. The number of hydrogen-bond donors (Lipinski definition) is 1. The number of Topliss-reactive ketones (excluding diaryl/α,β-unsaturated/α-hetero) is 1. The molecule has 5 atom stereocenters. The molecule has 2 heterocycles. The Bertz CT molecular complexity index is 945. The Morgan fingerprint density at radius 2 is 2.10 bits per heavy atom. The number of fused-ring (bicyclic) bond motifs is 3. The van der Waals surface area contributed by atoms with Crippen molar-refractivity contribution in [3.8, 4) is 5.75 Å². The molecule has 0 radical (unpaired) electrons. The maximum Gasteiger partial charge on any atom is 0.308 e. The van der Waals surface area contributed by atoms with Crippen LogP contribution in [0.15, 0.2) is 24.3 Å². The number of nitrogens with one attached hydrogen (secondary N) is 1. The predicted molar refractivity (Wildman–Crippen MR) is 104 cm³/mol. The molecular formula is C22H24N2O6. The van der Waals surface area contributed by atoms with Crippen LogP contribution in [0.5, 0.6) is 5.75 Å². The van der Waals surface area contributed by atoms with Crippen molar-refractivity contribution in [2.24, 2.45) is 17.8 Å². The summed E-state index contributed by atoms with van der Waals surface area (Å²) < 4.78 is 11.1. The van der Waals surface area contributed by atoms with Gasteiger partial charge in [0.05, 0.1) is 25.5 Å². The summed E-state index contributed by atoms with van der Waals surface area (Å²) in [4.78, 5) is 51.8. The topological polar surface area (TPSA) is 102 Å². The lowest BCUT2D eigenvalue weighted by atomic mass is 9.84. The fourth-order valence-electron chi connectivity index (χ4n) is 5.71. The van der Waals surface area contributed by atoms with Crippen molar-refractivity contribution in [3.63, 3.8) is 0 Å². The molecule has 3 fully saturated rings. The maximum absolute atomic E-state index is 13.4. The lowest BCUT2D eigenvalue weighted by Gasteiger charge is -2.38. The normalized spacial score (nSPS) is 34.0. The van der Waals surface area contributed by atoms with Crippen molar-refractivity contribution < 1.29 is 28.7 Å². The summed E-state index contributed by atoms with van der Waals surface area (Å²) in [7, 11) is 1.26. The number of piperazine rings is 1. The van der Waals surface area contributed by atoms with E-state index in [0.29, 0.717) is 24.4 Å². The molecule has 8 nitrogen and oxygen atoms in total. The predicted octanol–water partition coefficient (Wildman–Crippen LogP) is 0.937. The monoisotopic (exact) mass is 412 g/mol. The average Bonchev–Trinajstić information content (AvgIpc) is 3.39. The van der Waals surface area contributed by atoms with Gasteiger partial charge in [0, 0.05) is 24.9 Å². The molecule has 2 aliphatic heterocycles. The number of carbonyl (C=O) groups is 4. The Hall–Kier alpha value is -2.90. The summed E-state index contributed by atoms with van der Waals surface area (Å²) >= 11 is 0. The van der Waals surface area contributed by atoms with Crippen LogP contribution in [-0.2, 0) is 19.1 Å². The molecule has 0 unspecified atom stereocenters. The van der Waals surface area contributed by atoms with E-state index in [4.69, 9.17) is 9.47 Å². The Morgan fingerprint density at radius 3 is 2.90 bits per heavy atom. The van der Waals surface area contributed by atoms with E-state index >= 15 is 0 Å². The molecule has 4 aliphatic rings. The molecule has 1 spiro atoms. The van der Waals surface area contributed by atoms with E-state index < -0.39 is 17.6 Å². The molecule has 2 amide bonds. The Morgan fingerprint density at radius 1 is 1.30 bits per heavy atom. The number of rotatable bonds is 3. The first kappa shape index (κ1) is 19.1. The van der Waals surface area contributed by atoms with Crippen molar-refractivity contribution in [2.45, 2.75) is 37.3 Å². The van der Waals surface area contributed by atoms with Gasteiger partial charge in [-0.25, -0.2) is 0 Å². The van der Waals surface area contributed by atoms with Gasteiger partial charge >= 0.3 is 5.97 Å². The minimum absolute atomic E-state index is 0.0360. The smallest absolute Gasteiger partial charge is 0.308 e. The van der Waals surface area contributed by atoms with Crippen LogP contribution in [-0.4, -0.2) is 60.3 Å². The number of nitrogens with zero attached hydrogens (tertiary/aromatic N) is 1. The number of benzene rings is 1. The van der Waals surface area contributed by atoms with Crippen LogP contribution in [0.2, 0.25) is 0 Å². The van der Waals surface area contributed by atoms with Crippen molar-refractivity contribution in [3.05, 3.63) is 29.8 Å². The highest BCUT2D eigenvalue weighted by molar-refractivity contribution is 6.01. The first-order valence-electron chi connectivity index (χ1n) is 10.4. The average molecular weight is 412 g/mol. The van der Waals surface area contributed by atoms with Crippen LogP contribution in [0.25, 0.3) is 0 Å². The first-order chi connectivity index (χ1) is 14.4. The second kappa shape index (κ2) is 6.82. The third-order valence-electron chi connectivity index (χ3n) is 7.12. The standard InChI is InChI=1S/C22H24N2O6/c1-29-17(26)10-14-20(27)23-8-9-24(14)21(28)18-13-6-7-22(19(13)18)11-15(25)12-4-2-3-5-16(12)30-22/h2-5,13-14,18-19H,6-11H2,1H3,(H,23,27)/t13-,14+,18+,19+,22+/m0/s1. The Labute approximate surface area is 173 Å².